The van der Waals surface area contributed by atoms with E-state index in [1.54, 1.807) is 18.2 Å². The fourth-order valence-electron chi connectivity index (χ4n) is 2.00. The van der Waals surface area contributed by atoms with E-state index < -0.39 is 0 Å². The Bertz CT molecular complexity index is 586. The highest BCUT2D eigenvalue weighted by molar-refractivity contribution is 5.92. The van der Waals surface area contributed by atoms with Crippen molar-refractivity contribution in [2.45, 2.75) is 6.42 Å². The van der Waals surface area contributed by atoms with Gasteiger partial charge in [0.05, 0.1) is 0 Å². The van der Waals surface area contributed by atoms with Gasteiger partial charge in [0.25, 0.3) is 5.91 Å². The van der Waals surface area contributed by atoms with Gasteiger partial charge in [0.2, 0.25) is 0 Å². The Morgan fingerprint density at radius 3 is 2.67 bits per heavy atom. The minimum Gasteiger partial charge on any atom is -0.384 e. The second kappa shape index (κ2) is 7.28. The predicted molar refractivity (Wildman–Crippen MR) is 85.3 cm³/mol. The second-order valence-electron chi connectivity index (χ2n) is 4.81. The Morgan fingerprint density at radius 1 is 1.19 bits per heavy atom. The molecule has 0 fully saturated rings. The zero-order valence-corrected chi connectivity index (χ0v) is 12.1. The van der Waals surface area contributed by atoms with E-state index in [2.05, 4.69) is 27.3 Å². The van der Waals surface area contributed by atoms with Crippen LogP contribution in [-0.2, 0) is 0 Å². The molecular formula is C16H20N4O. The molecule has 21 heavy (non-hydrogen) atoms. The van der Waals surface area contributed by atoms with E-state index >= 15 is 0 Å². The van der Waals surface area contributed by atoms with Crippen molar-refractivity contribution >= 4 is 17.4 Å². The first-order chi connectivity index (χ1) is 10.2. The third-order valence-electron chi connectivity index (χ3n) is 3.16. The summed E-state index contributed by atoms with van der Waals surface area (Å²) in [5.41, 5.74) is 7.08. The number of carbonyl (C=O) groups is 1. The normalized spacial score (nSPS) is 10.1. The van der Waals surface area contributed by atoms with Crippen molar-refractivity contribution in [3.8, 4) is 0 Å². The lowest BCUT2D eigenvalue weighted by molar-refractivity contribution is 0.0948. The van der Waals surface area contributed by atoms with E-state index in [0.717, 1.165) is 13.0 Å². The van der Waals surface area contributed by atoms with Gasteiger partial charge >= 0.3 is 0 Å². The topological polar surface area (TPSA) is 71.2 Å². The number of nitrogen functional groups attached to an aromatic ring is 1. The molecule has 1 aromatic carbocycles. The van der Waals surface area contributed by atoms with Crippen molar-refractivity contribution in [2.24, 2.45) is 0 Å². The summed E-state index contributed by atoms with van der Waals surface area (Å²) in [7, 11) is 2.04. The monoisotopic (exact) mass is 284 g/mol. The molecule has 1 aromatic heterocycles. The number of nitrogens with zero attached hydrogens (tertiary/aromatic N) is 2. The number of para-hydroxylation sites is 1. The van der Waals surface area contributed by atoms with Gasteiger partial charge in [-0.3, -0.25) is 4.79 Å². The summed E-state index contributed by atoms with van der Waals surface area (Å²) in [5.74, 6) is 0.163. The molecule has 5 nitrogen and oxygen atoms in total. The van der Waals surface area contributed by atoms with Crippen LogP contribution in [0.4, 0.5) is 11.5 Å². The Labute approximate surface area is 124 Å². The maximum Gasteiger partial charge on any atom is 0.269 e. The third kappa shape index (κ3) is 4.49. The molecule has 2 rings (SSSR count). The van der Waals surface area contributed by atoms with Crippen LogP contribution in [0.2, 0.25) is 0 Å². The van der Waals surface area contributed by atoms with Crippen molar-refractivity contribution < 1.29 is 4.79 Å². The van der Waals surface area contributed by atoms with E-state index in [1.165, 1.54) is 5.69 Å². The van der Waals surface area contributed by atoms with E-state index in [-0.39, 0.29) is 5.91 Å². The van der Waals surface area contributed by atoms with Gasteiger partial charge in [0, 0.05) is 25.8 Å². The van der Waals surface area contributed by atoms with Crippen molar-refractivity contribution in [3.05, 3.63) is 54.2 Å². The van der Waals surface area contributed by atoms with Gasteiger partial charge in [-0.25, -0.2) is 4.98 Å². The fourth-order valence-corrected chi connectivity index (χ4v) is 2.00. The average Bonchev–Trinajstić information content (AvgIpc) is 2.52. The fraction of sp³-hybridized carbons (Fsp3) is 0.250. The van der Waals surface area contributed by atoms with Gasteiger partial charge in [-0.05, 0) is 30.7 Å². The summed E-state index contributed by atoms with van der Waals surface area (Å²) in [6, 6.07) is 15.2. The lowest BCUT2D eigenvalue weighted by Gasteiger charge is -2.19. The minimum absolute atomic E-state index is 0.190. The number of benzene rings is 1. The van der Waals surface area contributed by atoms with E-state index in [1.807, 2.05) is 25.2 Å². The summed E-state index contributed by atoms with van der Waals surface area (Å²) in [6.45, 7) is 1.47. The lowest BCUT2D eigenvalue weighted by atomic mass is 10.3. The SMILES string of the molecule is CN(CCCNC(=O)c1cccc(N)n1)c1ccccc1. The van der Waals surface area contributed by atoms with Crippen LogP contribution in [0.5, 0.6) is 0 Å². The highest BCUT2D eigenvalue weighted by Gasteiger charge is 2.06. The molecular weight excluding hydrogens is 264 g/mol. The molecule has 0 atom stereocenters. The Hall–Kier alpha value is -2.56. The average molecular weight is 284 g/mol. The zero-order valence-electron chi connectivity index (χ0n) is 12.1. The Kier molecular flexibility index (Phi) is 5.15. The second-order valence-corrected chi connectivity index (χ2v) is 4.81. The quantitative estimate of drug-likeness (QED) is 0.795. The molecule has 0 saturated carbocycles. The number of amides is 1. The van der Waals surface area contributed by atoms with Gasteiger partial charge in [-0.2, -0.15) is 0 Å². The molecule has 1 heterocycles. The number of rotatable bonds is 6. The van der Waals surface area contributed by atoms with Crippen LogP contribution < -0.4 is 16.0 Å². The molecule has 0 spiro atoms. The molecule has 1 amide bonds. The third-order valence-corrected chi connectivity index (χ3v) is 3.16. The molecule has 0 unspecified atom stereocenters. The summed E-state index contributed by atoms with van der Waals surface area (Å²) in [4.78, 5) is 18.0. The van der Waals surface area contributed by atoms with Gasteiger partial charge in [0.1, 0.15) is 11.5 Å². The Morgan fingerprint density at radius 2 is 1.95 bits per heavy atom. The maximum absolute atomic E-state index is 11.9. The van der Waals surface area contributed by atoms with Crippen LogP contribution >= 0.6 is 0 Å². The summed E-state index contributed by atoms with van der Waals surface area (Å²) in [5, 5.41) is 2.85. The number of nitrogens with two attached hydrogens (primary N) is 1. The largest absolute Gasteiger partial charge is 0.384 e. The summed E-state index contributed by atoms with van der Waals surface area (Å²) >= 11 is 0. The summed E-state index contributed by atoms with van der Waals surface area (Å²) < 4.78 is 0. The first-order valence-electron chi connectivity index (χ1n) is 6.94. The molecule has 0 aliphatic heterocycles. The minimum atomic E-state index is -0.190. The van der Waals surface area contributed by atoms with Crippen LogP contribution in [0.3, 0.4) is 0 Å². The number of anilines is 2. The number of carbonyl (C=O) groups excluding carboxylic acids is 1. The lowest BCUT2D eigenvalue weighted by Crippen LogP contribution is -2.28. The van der Waals surface area contributed by atoms with Gasteiger partial charge in [-0.1, -0.05) is 24.3 Å². The van der Waals surface area contributed by atoms with Crippen molar-refractivity contribution in [3.63, 3.8) is 0 Å². The molecule has 0 bridgehead atoms. The zero-order chi connectivity index (χ0) is 15.1. The predicted octanol–water partition coefficient (Wildman–Crippen LogP) is 1.92. The highest BCUT2D eigenvalue weighted by Crippen LogP contribution is 2.10. The number of hydrogen-bond acceptors (Lipinski definition) is 4. The standard InChI is InChI=1S/C16H20N4O/c1-20(13-7-3-2-4-8-13)12-6-11-18-16(21)14-9-5-10-15(17)19-14/h2-5,7-10H,6,11-12H2,1H3,(H2,17,19)(H,18,21). The molecule has 0 saturated heterocycles. The van der Waals surface area contributed by atoms with E-state index in [0.29, 0.717) is 18.1 Å². The van der Waals surface area contributed by atoms with E-state index in [4.69, 9.17) is 5.73 Å². The van der Waals surface area contributed by atoms with Gasteiger partial charge in [-0.15, -0.1) is 0 Å². The first-order valence-corrected chi connectivity index (χ1v) is 6.94. The van der Waals surface area contributed by atoms with Crippen LogP contribution in [0.1, 0.15) is 16.9 Å². The Balaban J connectivity index is 1.74. The highest BCUT2D eigenvalue weighted by atomic mass is 16.1. The van der Waals surface area contributed by atoms with Crippen LogP contribution in [0.15, 0.2) is 48.5 Å². The van der Waals surface area contributed by atoms with Gasteiger partial charge < -0.3 is 16.0 Å². The first kappa shape index (κ1) is 14.8. The number of hydrogen-bond donors (Lipinski definition) is 2. The molecule has 2 aromatic rings. The number of pyridine rings is 1. The van der Waals surface area contributed by atoms with Gasteiger partial charge in [0.15, 0.2) is 0 Å². The van der Waals surface area contributed by atoms with Crippen molar-refractivity contribution in [2.75, 3.05) is 30.8 Å². The maximum atomic E-state index is 11.9. The number of nitrogens with one attached hydrogen (secondary N) is 1. The van der Waals surface area contributed by atoms with E-state index in [9.17, 15) is 4.79 Å². The molecule has 5 heteroatoms. The molecule has 0 aliphatic carbocycles. The smallest absolute Gasteiger partial charge is 0.269 e. The summed E-state index contributed by atoms with van der Waals surface area (Å²) in [6.07, 6.45) is 0.861. The van der Waals surface area contributed by atoms with Crippen LogP contribution in [-0.4, -0.2) is 31.0 Å². The molecule has 0 radical (unpaired) electrons. The number of aromatic nitrogens is 1. The van der Waals surface area contributed by atoms with Crippen molar-refractivity contribution in [1.82, 2.24) is 10.3 Å². The van der Waals surface area contributed by atoms with Crippen LogP contribution in [0.25, 0.3) is 0 Å². The van der Waals surface area contributed by atoms with Crippen LogP contribution in [0, 0.1) is 0 Å². The molecule has 0 aliphatic rings. The molecule has 3 N–H and O–H groups in total. The van der Waals surface area contributed by atoms with Crippen molar-refractivity contribution in [1.29, 1.82) is 0 Å². The molecule has 110 valence electrons.